The Morgan fingerprint density at radius 3 is 2.64 bits per heavy atom. The van der Waals surface area contributed by atoms with Crippen molar-refractivity contribution < 1.29 is 14.3 Å². The number of nitrogens with one attached hydrogen (secondary N) is 2. The Hall–Kier alpha value is -3.48. The minimum Gasteiger partial charge on any atom is -0.497 e. The molecular formula is C31H31Cl2N3O3. The fraction of sp³-hybridized carbons (Fsp3) is 0.290. The molecule has 3 aromatic rings. The summed E-state index contributed by atoms with van der Waals surface area (Å²) in [5.41, 5.74) is 4.59. The molecular weight excluding hydrogens is 533 g/mol. The molecule has 1 aliphatic heterocycles. The number of hydrogen-bond acceptors (Lipinski definition) is 5. The molecule has 3 aromatic carbocycles. The molecule has 8 heteroatoms. The minimum absolute atomic E-state index is 0.0136. The van der Waals surface area contributed by atoms with Crippen LogP contribution in [-0.2, 0) is 16.1 Å². The van der Waals surface area contributed by atoms with Gasteiger partial charge in [0.25, 0.3) is 0 Å². The normalized spacial score (nSPS) is 18.0. The molecule has 0 aromatic heterocycles. The first-order valence-electron chi connectivity index (χ1n) is 12.9. The first kappa shape index (κ1) is 27.1. The molecule has 0 fully saturated rings. The monoisotopic (exact) mass is 563 g/mol. The lowest BCUT2D eigenvalue weighted by atomic mass is 9.73. The van der Waals surface area contributed by atoms with E-state index in [1.54, 1.807) is 19.2 Å². The van der Waals surface area contributed by atoms with Crippen molar-refractivity contribution in [3.05, 3.63) is 99.2 Å². The summed E-state index contributed by atoms with van der Waals surface area (Å²) in [6, 6.07) is 20.1. The summed E-state index contributed by atoms with van der Waals surface area (Å²) >= 11 is 13.0. The lowest BCUT2D eigenvalue weighted by molar-refractivity contribution is -0.120. The maximum absolute atomic E-state index is 13.8. The number of amides is 1. The molecule has 1 atom stereocenters. The standard InChI is InChI=1S/C31H31Cl2N3O3/c1-31(2)15-25-29(27(37)16-31)30(22-12-11-20(32)14-23(22)33)36(26-10-5-4-9-24(26)35-25)18-28(38)34-17-19-7-6-8-21(13-19)39-3/h4-14,30,35H,15-18H2,1-3H3,(H,34,38). The summed E-state index contributed by atoms with van der Waals surface area (Å²) in [5.74, 6) is 0.583. The third-order valence-electron chi connectivity index (χ3n) is 7.20. The second-order valence-corrected chi connectivity index (χ2v) is 11.6. The van der Waals surface area contributed by atoms with Crippen LogP contribution in [0.5, 0.6) is 5.75 Å². The maximum Gasteiger partial charge on any atom is 0.239 e. The van der Waals surface area contributed by atoms with Crippen LogP contribution < -0.4 is 20.3 Å². The van der Waals surface area contributed by atoms with Gasteiger partial charge < -0.3 is 20.3 Å². The van der Waals surface area contributed by atoms with Crippen molar-refractivity contribution in [2.24, 2.45) is 5.41 Å². The van der Waals surface area contributed by atoms with Crippen molar-refractivity contribution in [2.45, 2.75) is 39.3 Å². The SMILES string of the molecule is COc1cccc(CNC(=O)CN2c3ccccc3NC3=C(C(=O)CC(C)(C)C3)C2c2ccc(Cl)cc2Cl)c1. The number of methoxy groups -OCH3 is 1. The van der Waals surface area contributed by atoms with Crippen LogP contribution in [0.4, 0.5) is 11.4 Å². The van der Waals surface area contributed by atoms with E-state index in [0.29, 0.717) is 35.0 Å². The second kappa shape index (κ2) is 10.9. The first-order chi connectivity index (χ1) is 18.6. The van der Waals surface area contributed by atoms with Crippen LogP contribution in [0.1, 0.15) is 43.9 Å². The van der Waals surface area contributed by atoms with Crippen molar-refractivity contribution in [3.63, 3.8) is 0 Å². The maximum atomic E-state index is 13.8. The van der Waals surface area contributed by atoms with Gasteiger partial charge in [0.15, 0.2) is 5.78 Å². The van der Waals surface area contributed by atoms with Crippen molar-refractivity contribution >= 4 is 46.3 Å². The summed E-state index contributed by atoms with van der Waals surface area (Å²) in [6.07, 6.45) is 1.10. The van der Waals surface area contributed by atoms with Gasteiger partial charge in [0.05, 0.1) is 31.1 Å². The van der Waals surface area contributed by atoms with E-state index in [9.17, 15) is 9.59 Å². The quantitative estimate of drug-likeness (QED) is 0.340. The molecule has 1 amide bonds. The number of nitrogens with zero attached hydrogens (tertiary/aromatic N) is 1. The number of Topliss-reactive ketones (excluding diaryl/α,β-unsaturated/α-hetero) is 1. The van der Waals surface area contributed by atoms with E-state index in [-0.39, 0.29) is 23.7 Å². The fourth-order valence-electron chi connectivity index (χ4n) is 5.47. The predicted molar refractivity (Wildman–Crippen MR) is 157 cm³/mol. The molecule has 5 rings (SSSR count). The Bertz CT molecular complexity index is 1470. The van der Waals surface area contributed by atoms with Gasteiger partial charge in [-0.3, -0.25) is 9.59 Å². The van der Waals surface area contributed by atoms with Crippen molar-refractivity contribution in [2.75, 3.05) is 23.9 Å². The molecule has 1 unspecified atom stereocenters. The van der Waals surface area contributed by atoms with Gasteiger partial charge in [-0.1, -0.05) is 67.4 Å². The number of carbonyl (C=O) groups is 2. The van der Waals surface area contributed by atoms with Crippen LogP contribution in [0.2, 0.25) is 10.0 Å². The second-order valence-electron chi connectivity index (χ2n) is 10.8. The molecule has 0 bridgehead atoms. The highest BCUT2D eigenvalue weighted by Gasteiger charge is 2.42. The minimum atomic E-state index is -0.577. The highest BCUT2D eigenvalue weighted by atomic mass is 35.5. The van der Waals surface area contributed by atoms with Crippen LogP contribution in [0, 0.1) is 5.41 Å². The third kappa shape index (κ3) is 5.77. The van der Waals surface area contributed by atoms with Gasteiger partial charge in [-0.05, 0) is 59.4 Å². The number of carbonyl (C=O) groups excluding carboxylic acids is 2. The fourth-order valence-corrected chi connectivity index (χ4v) is 5.98. The molecule has 202 valence electrons. The number of ketones is 1. The molecule has 0 saturated carbocycles. The van der Waals surface area contributed by atoms with Crippen molar-refractivity contribution in [3.8, 4) is 5.75 Å². The smallest absolute Gasteiger partial charge is 0.239 e. The number of anilines is 2. The number of benzene rings is 3. The van der Waals surface area contributed by atoms with Gasteiger partial charge in [0.2, 0.25) is 5.91 Å². The van der Waals surface area contributed by atoms with E-state index in [1.165, 1.54) is 0 Å². The number of para-hydroxylation sites is 2. The highest BCUT2D eigenvalue weighted by molar-refractivity contribution is 6.35. The molecule has 2 aliphatic rings. The zero-order valence-corrected chi connectivity index (χ0v) is 23.7. The average molecular weight is 565 g/mol. The van der Waals surface area contributed by atoms with Crippen molar-refractivity contribution in [1.29, 1.82) is 0 Å². The predicted octanol–water partition coefficient (Wildman–Crippen LogP) is 6.93. The molecule has 39 heavy (non-hydrogen) atoms. The lowest BCUT2D eigenvalue weighted by Gasteiger charge is -2.38. The van der Waals surface area contributed by atoms with Crippen LogP contribution in [0.3, 0.4) is 0 Å². The van der Waals surface area contributed by atoms with Crippen LogP contribution in [0.15, 0.2) is 78.0 Å². The van der Waals surface area contributed by atoms with Gasteiger partial charge in [0.1, 0.15) is 5.75 Å². The Kier molecular flexibility index (Phi) is 7.61. The van der Waals surface area contributed by atoms with Crippen LogP contribution in [-0.4, -0.2) is 25.3 Å². The molecule has 2 N–H and O–H groups in total. The number of fused-ring (bicyclic) bond motifs is 1. The molecule has 0 spiro atoms. The van der Waals surface area contributed by atoms with E-state index >= 15 is 0 Å². The topological polar surface area (TPSA) is 70.7 Å². The van der Waals surface area contributed by atoms with Gasteiger partial charge in [0, 0.05) is 34.3 Å². The van der Waals surface area contributed by atoms with E-state index in [4.69, 9.17) is 27.9 Å². The van der Waals surface area contributed by atoms with Gasteiger partial charge >= 0.3 is 0 Å². The largest absolute Gasteiger partial charge is 0.497 e. The molecule has 6 nitrogen and oxygen atoms in total. The third-order valence-corrected chi connectivity index (χ3v) is 7.76. The van der Waals surface area contributed by atoms with Crippen LogP contribution in [0.25, 0.3) is 0 Å². The summed E-state index contributed by atoms with van der Waals surface area (Å²) in [7, 11) is 1.61. The first-order valence-corrected chi connectivity index (χ1v) is 13.6. The molecule has 1 aliphatic carbocycles. The van der Waals surface area contributed by atoms with Gasteiger partial charge in [-0.2, -0.15) is 0 Å². The Morgan fingerprint density at radius 1 is 1.08 bits per heavy atom. The lowest BCUT2D eigenvalue weighted by Crippen LogP contribution is -2.42. The Morgan fingerprint density at radius 2 is 1.87 bits per heavy atom. The van der Waals surface area contributed by atoms with E-state index in [0.717, 1.165) is 33.9 Å². The molecule has 0 saturated heterocycles. The number of halogens is 2. The summed E-state index contributed by atoms with van der Waals surface area (Å²) in [5, 5.41) is 7.53. The molecule has 1 heterocycles. The number of allylic oxidation sites excluding steroid dienone is 1. The van der Waals surface area contributed by atoms with Crippen LogP contribution >= 0.6 is 23.2 Å². The van der Waals surface area contributed by atoms with Crippen molar-refractivity contribution in [1.82, 2.24) is 5.32 Å². The van der Waals surface area contributed by atoms with E-state index in [1.807, 2.05) is 59.5 Å². The Balaban J connectivity index is 1.57. The average Bonchev–Trinajstić information content (AvgIpc) is 3.01. The summed E-state index contributed by atoms with van der Waals surface area (Å²) in [4.78, 5) is 29.2. The van der Waals surface area contributed by atoms with E-state index in [2.05, 4.69) is 24.5 Å². The Labute approximate surface area is 238 Å². The number of ether oxygens (including phenoxy) is 1. The number of rotatable bonds is 6. The zero-order valence-electron chi connectivity index (χ0n) is 22.2. The molecule has 0 radical (unpaired) electrons. The van der Waals surface area contributed by atoms with E-state index < -0.39 is 6.04 Å². The number of hydrogen-bond donors (Lipinski definition) is 2. The highest BCUT2D eigenvalue weighted by Crippen LogP contribution is 2.49. The summed E-state index contributed by atoms with van der Waals surface area (Å²) in [6.45, 7) is 4.55. The van der Waals surface area contributed by atoms with Gasteiger partial charge in [-0.25, -0.2) is 0 Å². The zero-order chi connectivity index (χ0) is 27.7. The summed E-state index contributed by atoms with van der Waals surface area (Å²) < 4.78 is 5.31. The van der Waals surface area contributed by atoms with Gasteiger partial charge in [-0.15, -0.1) is 0 Å².